The smallest absolute Gasteiger partial charge is 0.234 e. The van der Waals surface area contributed by atoms with Crippen molar-refractivity contribution in [1.29, 1.82) is 0 Å². The first kappa shape index (κ1) is 15.9. The van der Waals surface area contributed by atoms with Crippen LogP contribution in [-0.4, -0.2) is 11.7 Å². The molecule has 1 amide bonds. The molecule has 0 saturated heterocycles. The van der Waals surface area contributed by atoms with E-state index in [0.29, 0.717) is 10.8 Å². The molecule has 0 atom stereocenters. The summed E-state index contributed by atoms with van der Waals surface area (Å²) in [5.74, 6) is 0.362. The van der Waals surface area contributed by atoms with Gasteiger partial charge in [0.2, 0.25) is 5.91 Å². The van der Waals surface area contributed by atoms with Crippen LogP contribution < -0.4 is 5.32 Å². The number of thioether (sulfide) groups is 1. The molecule has 2 rings (SSSR count). The number of rotatable bonds is 4. The minimum absolute atomic E-state index is 0.0228. The van der Waals surface area contributed by atoms with E-state index in [9.17, 15) is 4.79 Å². The molecule has 110 valence electrons. The molecule has 2 aromatic carbocycles. The van der Waals surface area contributed by atoms with Crippen molar-refractivity contribution in [3.8, 4) is 0 Å². The average Bonchev–Trinajstić information content (AvgIpc) is 2.42. The van der Waals surface area contributed by atoms with Crippen molar-refractivity contribution in [3.63, 3.8) is 0 Å². The average molecular weight is 320 g/mol. The number of nitrogens with one attached hydrogen (secondary N) is 1. The van der Waals surface area contributed by atoms with Gasteiger partial charge in [0.05, 0.1) is 5.75 Å². The lowest BCUT2D eigenvalue weighted by atomic mass is 10.2. The molecule has 2 nitrogen and oxygen atoms in total. The summed E-state index contributed by atoms with van der Waals surface area (Å²) in [4.78, 5) is 13.2. The van der Waals surface area contributed by atoms with Crippen LogP contribution in [0.4, 0.5) is 5.69 Å². The SMILES string of the molecule is Cc1ccc(SCC(=O)Nc2cc(Cl)ccc2C)c(C)c1. The van der Waals surface area contributed by atoms with E-state index in [-0.39, 0.29) is 5.91 Å². The molecule has 0 fully saturated rings. The lowest BCUT2D eigenvalue weighted by Gasteiger charge is -2.10. The lowest BCUT2D eigenvalue weighted by molar-refractivity contribution is -0.113. The highest BCUT2D eigenvalue weighted by molar-refractivity contribution is 8.00. The predicted octanol–water partition coefficient (Wildman–Crippen LogP) is 5.00. The zero-order valence-corrected chi connectivity index (χ0v) is 13.9. The molecule has 0 unspecified atom stereocenters. The molecule has 4 heteroatoms. The second-order valence-corrected chi connectivity index (χ2v) is 6.52. The number of carbonyl (C=O) groups is 1. The first-order chi connectivity index (χ1) is 9.95. The van der Waals surface area contributed by atoms with Gasteiger partial charge in [-0.25, -0.2) is 0 Å². The highest BCUT2D eigenvalue weighted by Gasteiger charge is 2.07. The van der Waals surface area contributed by atoms with E-state index in [0.717, 1.165) is 16.1 Å². The Morgan fingerprint density at radius 1 is 1.10 bits per heavy atom. The Morgan fingerprint density at radius 2 is 1.86 bits per heavy atom. The number of hydrogen-bond acceptors (Lipinski definition) is 2. The van der Waals surface area contributed by atoms with Crippen LogP contribution in [0.5, 0.6) is 0 Å². The van der Waals surface area contributed by atoms with Crippen molar-refractivity contribution in [2.45, 2.75) is 25.7 Å². The quantitative estimate of drug-likeness (QED) is 0.804. The summed E-state index contributed by atoms with van der Waals surface area (Å²) < 4.78 is 0. The van der Waals surface area contributed by atoms with Gasteiger partial charge in [0, 0.05) is 15.6 Å². The molecule has 0 aliphatic rings. The molecule has 1 N–H and O–H groups in total. The molecule has 0 spiro atoms. The van der Waals surface area contributed by atoms with Crippen LogP contribution in [0.15, 0.2) is 41.3 Å². The maximum atomic E-state index is 12.1. The predicted molar refractivity (Wildman–Crippen MR) is 91.5 cm³/mol. The largest absolute Gasteiger partial charge is 0.325 e. The van der Waals surface area contributed by atoms with Crippen LogP contribution in [0.2, 0.25) is 5.02 Å². The van der Waals surface area contributed by atoms with Gasteiger partial charge in [0.15, 0.2) is 0 Å². The Kier molecular flexibility index (Phi) is 5.32. The number of carbonyl (C=O) groups excluding carboxylic acids is 1. The number of anilines is 1. The van der Waals surface area contributed by atoms with Crippen LogP contribution in [0.3, 0.4) is 0 Å². The van der Waals surface area contributed by atoms with Crippen LogP contribution in [0.25, 0.3) is 0 Å². The van der Waals surface area contributed by atoms with Crippen molar-refractivity contribution in [3.05, 3.63) is 58.1 Å². The molecule has 0 bridgehead atoms. The second-order valence-electron chi connectivity index (χ2n) is 5.07. The van der Waals surface area contributed by atoms with Gasteiger partial charge in [0.25, 0.3) is 0 Å². The third kappa shape index (κ3) is 4.51. The van der Waals surface area contributed by atoms with E-state index in [2.05, 4.69) is 37.4 Å². The van der Waals surface area contributed by atoms with E-state index in [1.165, 1.54) is 11.1 Å². The zero-order valence-electron chi connectivity index (χ0n) is 12.4. The summed E-state index contributed by atoms with van der Waals surface area (Å²) in [6.07, 6.45) is 0. The van der Waals surface area contributed by atoms with E-state index in [1.807, 2.05) is 19.1 Å². The maximum Gasteiger partial charge on any atom is 0.234 e. The maximum absolute atomic E-state index is 12.1. The van der Waals surface area contributed by atoms with Crippen LogP contribution in [0.1, 0.15) is 16.7 Å². The van der Waals surface area contributed by atoms with E-state index >= 15 is 0 Å². The fourth-order valence-corrected chi connectivity index (χ4v) is 3.00. The Balaban J connectivity index is 1.97. The molecule has 0 heterocycles. The molecule has 0 aliphatic carbocycles. The topological polar surface area (TPSA) is 29.1 Å². The Hall–Kier alpha value is -1.45. The van der Waals surface area contributed by atoms with Gasteiger partial charge in [-0.3, -0.25) is 4.79 Å². The van der Waals surface area contributed by atoms with Crippen molar-refractivity contribution < 1.29 is 4.79 Å². The van der Waals surface area contributed by atoms with Gasteiger partial charge in [-0.2, -0.15) is 0 Å². The second kappa shape index (κ2) is 7.01. The monoisotopic (exact) mass is 319 g/mol. The summed E-state index contributed by atoms with van der Waals surface area (Å²) in [6.45, 7) is 6.08. The number of benzene rings is 2. The summed E-state index contributed by atoms with van der Waals surface area (Å²) in [7, 11) is 0. The summed E-state index contributed by atoms with van der Waals surface area (Å²) in [6, 6.07) is 11.7. The standard InChI is InChI=1S/C17H18ClNOS/c1-11-4-7-16(13(3)8-11)21-10-17(20)19-15-9-14(18)6-5-12(15)2/h4-9H,10H2,1-3H3,(H,19,20). The van der Waals surface area contributed by atoms with Gasteiger partial charge in [-0.1, -0.05) is 35.4 Å². The molecule has 0 radical (unpaired) electrons. The molecule has 2 aromatic rings. The molecule has 0 saturated carbocycles. The van der Waals surface area contributed by atoms with E-state index < -0.39 is 0 Å². The minimum atomic E-state index is -0.0228. The van der Waals surface area contributed by atoms with Crippen LogP contribution in [0, 0.1) is 20.8 Å². The van der Waals surface area contributed by atoms with E-state index in [4.69, 9.17) is 11.6 Å². The molecular formula is C17H18ClNOS. The van der Waals surface area contributed by atoms with Crippen molar-refractivity contribution in [2.75, 3.05) is 11.1 Å². The van der Waals surface area contributed by atoms with Crippen LogP contribution >= 0.6 is 23.4 Å². The number of hydrogen-bond donors (Lipinski definition) is 1. The van der Waals surface area contributed by atoms with Gasteiger partial charge in [-0.15, -0.1) is 11.8 Å². The molecule has 0 aliphatic heterocycles. The number of aryl methyl sites for hydroxylation is 3. The third-order valence-corrected chi connectivity index (χ3v) is 4.57. The zero-order chi connectivity index (χ0) is 15.4. The fourth-order valence-electron chi connectivity index (χ4n) is 2.02. The summed E-state index contributed by atoms with van der Waals surface area (Å²) in [5, 5.41) is 3.53. The molecule has 0 aromatic heterocycles. The summed E-state index contributed by atoms with van der Waals surface area (Å²) in [5.41, 5.74) is 4.21. The normalized spacial score (nSPS) is 10.5. The Labute approximate surface area is 134 Å². The Bertz CT molecular complexity index is 670. The van der Waals surface area contributed by atoms with E-state index in [1.54, 1.807) is 17.8 Å². The Morgan fingerprint density at radius 3 is 2.57 bits per heavy atom. The highest BCUT2D eigenvalue weighted by Crippen LogP contribution is 2.24. The number of halogens is 1. The lowest BCUT2D eigenvalue weighted by Crippen LogP contribution is -2.14. The van der Waals surface area contributed by atoms with Gasteiger partial charge >= 0.3 is 0 Å². The molecular weight excluding hydrogens is 302 g/mol. The minimum Gasteiger partial charge on any atom is -0.325 e. The van der Waals surface area contributed by atoms with Crippen LogP contribution in [-0.2, 0) is 4.79 Å². The van der Waals surface area contributed by atoms with Gasteiger partial charge < -0.3 is 5.32 Å². The van der Waals surface area contributed by atoms with Crippen molar-refractivity contribution >= 4 is 35.0 Å². The van der Waals surface area contributed by atoms with Crippen molar-refractivity contribution in [1.82, 2.24) is 0 Å². The first-order valence-corrected chi connectivity index (χ1v) is 8.08. The van der Waals surface area contributed by atoms with Gasteiger partial charge in [0.1, 0.15) is 0 Å². The highest BCUT2D eigenvalue weighted by atomic mass is 35.5. The third-order valence-electron chi connectivity index (χ3n) is 3.16. The van der Waals surface area contributed by atoms with Crippen molar-refractivity contribution in [2.24, 2.45) is 0 Å². The molecule has 21 heavy (non-hydrogen) atoms. The number of amides is 1. The van der Waals surface area contributed by atoms with Gasteiger partial charge in [-0.05, 0) is 50.1 Å². The fraction of sp³-hybridized carbons (Fsp3) is 0.235. The summed E-state index contributed by atoms with van der Waals surface area (Å²) >= 11 is 7.50. The first-order valence-electron chi connectivity index (χ1n) is 6.72.